The number of hydrogen-bond donors (Lipinski definition) is 2. The van der Waals surface area contributed by atoms with Crippen LogP contribution in [0.5, 0.6) is 0 Å². The van der Waals surface area contributed by atoms with Crippen LogP contribution < -0.4 is 5.73 Å². The van der Waals surface area contributed by atoms with E-state index < -0.39 is 0 Å². The molecule has 0 amide bonds. The molecule has 0 bridgehead atoms. The summed E-state index contributed by atoms with van der Waals surface area (Å²) in [6, 6.07) is 14.1. The van der Waals surface area contributed by atoms with Crippen LogP contribution in [0.2, 0.25) is 0 Å². The normalized spacial score (nSPS) is 11.4. The molecule has 92 valence electrons. The summed E-state index contributed by atoms with van der Waals surface area (Å²) in [5.41, 5.74) is 9.79. The number of hydrogen-bond acceptors (Lipinski definition) is 2. The van der Waals surface area contributed by atoms with Gasteiger partial charge in [-0.3, -0.25) is 0 Å². The van der Waals surface area contributed by atoms with Gasteiger partial charge in [-0.05, 0) is 42.5 Å². The van der Waals surface area contributed by atoms with Crippen LogP contribution in [0.1, 0.15) is 0 Å². The van der Waals surface area contributed by atoms with E-state index in [1.807, 2.05) is 35.3 Å². The van der Waals surface area contributed by atoms with Crippen LogP contribution in [0, 0.1) is 0 Å². The van der Waals surface area contributed by atoms with Gasteiger partial charge in [-0.25, -0.2) is 4.68 Å². The van der Waals surface area contributed by atoms with Gasteiger partial charge in [0.1, 0.15) is 0 Å². The molecule has 2 aromatic heterocycles. The Morgan fingerprint density at radius 1 is 1.00 bits per heavy atom. The van der Waals surface area contributed by atoms with Crippen LogP contribution in [0.3, 0.4) is 0 Å². The number of nitrogens with one attached hydrogen (secondary N) is 1. The summed E-state index contributed by atoms with van der Waals surface area (Å²) in [6.07, 6.45) is 3.78. The predicted octanol–water partition coefficient (Wildman–Crippen LogP) is 3.09. The molecule has 4 aromatic rings. The zero-order valence-electron chi connectivity index (χ0n) is 10.2. The van der Waals surface area contributed by atoms with E-state index in [1.54, 1.807) is 0 Å². The van der Waals surface area contributed by atoms with E-state index in [1.165, 1.54) is 5.39 Å². The smallest absolute Gasteiger partial charge is 0.0742 e. The van der Waals surface area contributed by atoms with E-state index in [0.717, 1.165) is 27.8 Å². The monoisotopic (exact) mass is 248 g/mol. The van der Waals surface area contributed by atoms with Crippen molar-refractivity contribution in [3.63, 3.8) is 0 Å². The number of aromatic amines is 1. The summed E-state index contributed by atoms with van der Waals surface area (Å²) < 4.78 is 1.93. The number of rotatable bonds is 1. The van der Waals surface area contributed by atoms with E-state index in [2.05, 4.69) is 34.3 Å². The Balaban J connectivity index is 1.97. The zero-order valence-corrected chi connectivity index (χ0v) is 10.2. The lowest BCUT2D eigenvalue weighted by atomic mass is 10.2. The van der Waals surface area contributed by atoms with Gasteiger partial charge in [-0.1, -0.05) is 0 Å². The van der Waals surface area contributed by atoms with Crippen molar-refractivity contribution in [2.24, 2.45) is 0 Å². The second kappa shape index (κ2) is 3.62. The number of nitrogens with two attached hydrogens (primary N) is 1. The molecule has 0 aliphatic heterocycles. The van der Waals surface area contributed by atoms with Crippen molar-refractivity contribution in [3.8, 4) is 5.69 Å². The average Bonchev–Trinajstić information content (AvgIpc) is 3.02. The largest absolute Gasteiger partial charge is 0.399 e. The number of H-pyrrole nitrogens is 1. The number of aromatic nitrogens is 3. The molecule has 0 saturated carbocycles. The lowest BCUT2D eigenvalue weighted by Crippen LogP contribution is -1.95. The fourth-order valence-electron chi connectivity index (χ4n) is 2.43. The predicted molar refractivity (Wildman–Crippen MR) is 77.3 cm³/mol. The van der Waals surface area contributed by atoms with Crippen LogP contribution in [-0.4, -0.2) is 14.8 Å². The lowest BCUT2D eigenvalue weighted by Gasteiger charge is -2.04. The lowest BCUT2D eigenvalue weighted by molar-refractivity contribution is 0.912. The van der Waals surface area contributed by atoms with Crippen molar-refractivity contribution in [1.82, 2.24) is 14.8 Å². The van der Waals surface area contributed by atoms with E-state index in [4.69, 9.17) is 5.73 Å². The van der Waals surface area contributed by atoms with Crippen LogP contribution in [0.15, 0.2) is 54.9 Å². The molecule has 0 aliphatic carbocycles. The molecular formula is C15H12N4. The molecule has 2 heterocycles. The van der Waals surface area contributed by atoms with Crippen molar-refractivity contribution in [1.29, 1.82) is 0 Å². The van der Waals surface area contributed by atoms with Gasteiger partial charge >= 0.3 is 0 Å². The van der Waals surface area contributed by atoms with Gasteiger partial charge in [-0.15, -0.1) is 0 Å². The highest BCUT2D eigenvalue weighted by atomic mass is 15.3. The Hall–Kier alpha value is -2.75. The third-order valence-electron chi connectivity index (χ3n) is 3.37. The molecule has 4 nitrogen and oxygen atoms in total. The fourth-order valence-corrected chi connectivity index (χ4v) is 2.43. The van der Waals surface area contributed by atoms with Gasteiger partial charge in [0.15, 0.2) is 0 Å². The van der Waals surface area contributed by atoms with Gasteiger partial charge in [0, 0.05) is 28.2 Å². The Morgan fingerprint density at radius 2 is 1.95 bits per heavy atom. The Labute approximate surface area is 109 Å². The number of nitrogens with zero attached hydrogens (tertiary/aromatic N) is 2. The second-order valence-corrected chi connectivity index (χ2v) is 4.62. The number of nitrogen functional groups attached to an aromatic ring is 1. The molecule has 19 heavy (non-hydrogen) atoms. The minimum Gasteiger partial charge on any atom is -0.399 e. The number of fused-ring (bicyclic) bond motifs is 2. The summed E-state index contributed by atoms with van der Waals surface area (Å²) in [5.74, 6) is 0. The van der Waals surface area contributed by atoms with Crippen LogP contribution in [0.25, 0.3) is 27.5 Å². The van der Waals surface area contributed by atoms with Gasteiger partial charge in [-0.2, -0.15) is 5.10 Å². The molecule has 4 heteroatoms. The maximum atomic E-state index is 5.79. The standard InChI is InChI=1S/C15H12N4/c16-12-1-4-15-11(7-12)9-18-19(15)13-2-3-14-10(8-13)5-6-17-14/h1-9,17H,16H2. The Bertz CT molecular complexity index is 885. The molecule has 4 rings (SSSR count). The first kappa shape index (κ1) is 10.2. The summed E-state index contributed by atoms with van der Waals surface area (Å²) in [7, 11) is 0. The molecule has 0 saturated heterocycles. The highest BCUT2D eigenvalue weighted by Gasteiger charge is 2.06. The maximum absolute atomic E-state index is 5.79. The maximum Gasteiger partial charge on any atom is 0.0742 e. The van der Waals surface area contributed by atoms with E-state index in [-0.39, 0.29) is 0 Å². The minimum atomic E-state index is 0.758. The van der Waals surface area contributed by atoms with E-state index in [9.17, 15) is 0 Å². The summed E-state index contributed by atoms with van der Waals surface area (Å²) >= 11 is 0. The van der Waals surface area contributed by atoms with Gasteiger partial charge < -0.3 is 10.7 Å². The van der Waals surface area contributed by atoms with Crippen molar-refractivity contribution in [2.45, 2.75) is 0 Å². The molecule has 0 spiro atoms. The summed E-state index contributed by atoms with van der Waals surface area (Å²) in [6.45, 7) is 0. The van der Waals surface area contributed by atoms with Crippen molar-refractivity contribution >= 4 is 27.5 Å². The average molecular weight is 248 g/mol. The summed E-state index contributed by atoms with van der Waals surface area (Å²) in [5, 5.41) is 6.68. The highest BCUT2D eigenvalue weighted by Crippen LogP contribution is 2.23. The molecule has 2 aromatic carbocycles. The van der Waals surface area contributed by atoms with Crippen LogP contribution in [-0.2, 0) is 0 Å². The van der Waals surface area contributed by atoms with Gasteiger partial charge in [0.25, 0.3) is 0 Å². The SMILES string of the molecule is Nc1ccc2c(cnn2-c2ccc3[nH]ccc3c2)c1. The van der Waals surface area contributed by atoms with Crippen LogP contribution in [0.4, 0.5) is 5.69 Å². The van der Waals surface area contributed by atoms with Crippen molar-refractivity contribution in [2.75, 3.05) is 5.73 Å². The summed E-state index contributed by atoms with van der Waals surface area (Å²) in [4.78, 5) is 3.19. The van der Waals surface area contributed by atoms with E-state index in [0.29, 0.717) is 0 Å². The first-order valence-corrected chi connectivity index (χ1v) is 6.12. The molecule has 0 fully saturated rings. The molecule has 0 radical (unpaired) electrons. The number of benzene rings is 2. The topological polar surface area (TPSA) is 59.6 Å². The van der Waals surface area contributed by atoms with E-state index >= 15 is 0 Å². The van der Waals surface area contributed by atoms with Gasteiger partial charge in [0.05, 0.1) is 17.4 Å². The van der Waals surface area contributed by atoms with Crippen molar-refractivity contribution < 1.29 is 0 Å². The Kier molecular flexibility index (Phi) is 1.94. The van der Waals surface area contributed by atoms with Gasteiger partial charge in [0.2, 0.25) is 0 Å². The second-order valence-electron chi connectivity index (χ2n) is 4.62. The first-order valence-electron chi connectivity index (χ1n) is 6.12. The highest BCUT2D eigenvalue weighted by molar-refractivity contribution is 5.85. The van der Waals surface area contributed by atoms with Crippen molar-refractivity contribution in [3.05, 3.63) is 54.9 Å². The van der Waals surface area contributed by atoms with Crippen LogP contribution >= 0.6 is 0 Å². The third-order valence-corrected chi connectivity index (χ3v) is 3.37. The molecule has 0 unspecified atom stereocenters. The minimum absolute atomic E-state index is 0.758. The molecule has 0 atom stereocenters. The number of anilines is 1. The zero-order chi connectivity index (χ0) is 12.8. The molecule has 0 aliphatic rings. The third kappa shape index (κ3) is 1.50. The molecule has 3 N–H and O–H groups in total. The molecular weight excluding hydrogens is 236 g/mol. The fraction of sp³-hybridized carbons (Fsp3) is 0. The Morgan fingerprint density at radius 3 is 2.89 bits per heavy atom. The first-order chi connectivity index (χ1) is 9.31. The quantitative estimate of drug-likeness (QED) is 0.508.